The molecule has 0 fully saturated rings. The lowest BCUT2D eigenvalue weighted by molar-refractivity contribution is 0.0996. The number of carbonyl (C=O) groups excluding carboxylic acids is 1. The number of allylic oxidation sites excluding steroid dienone is 1. The molecule has 1 amide bonds. The first-order valence-corrected chi connectivity index (χ1v) is 5.28. The summed E-state index contributed by atoms with van der Waals surface area (Å²) in [5.74, 6) is 0.0326. The minimum Gasteiger partial charge on any atom is -0.459 e. The highest BCUT2D eigenvalue weighted by atomic mass is 16.3. The molecule has 0 bridgehead atoms. The molecule has 3 heteroatoms. The number of furan rings is 1. The molecule has 0 spiro atoms. The van der Waals surface area contributed by atoms with Gasteiger partial charge in [-0.05, 0) is 30.7 Å². The lowest BCUT2D eigenvalue weighted by atomic mass is 10.1. The van der Waals surface area contributed by atoms with Crippen molar-refractivity contribution in [2.45, 2.75) is 6.92 Å². The average molecular weight is 227 g/mol. The highest BCUT2D eigenvalue weighted by molar-refractivity contribution is 6.03. The molecule has 0 aliphatic carbocycles. The Morgan fingerprint density at radius 3 is 2.65 bits per heavy atom. The number of carbonyl (C=O) groups is 1. The molecule has 86 valence electrons. The quantitative estimate of drug-likeness (QED) is 0.871. The number of hydrogen-bond acceptors (Lipinski definition) is 2. The van der Waals surface area contributed by atoms with Crippen LogP contribution in [-0.4, -0.2) is 5.91 Å². The van der Waals surface area contributed by atoms with Crippen LogP contribution in [0.4, 0.5) is 5.69 Å². The molecule has 0 aliphatic heterocycles. The summed E-state index contributed by atoms with van der Waals surface area (Å²) in [4.78, 5) is 11.8. The molecule has 2 rings (SSSR count). The third kappa shape index (κ3) is 2.45. The predicted molar refractivity (Wildman–Crippen MR) is 67.8 cm³/mol. The van der Waals surface area contributed by atoms with E-state index in [1.165, 1.54) is 6.26 Å². The van der Waals surface area contributed by atoms with Crippen LogP contribution in [0.5, 0.6) is 0 Å². The van der Waals surface area contributed by atoms with Gasteiger partial charge in [0.2, 0.25) is 0 Å². The summed E-state index contributed by atoms with van der Waals surface area (Å²) in [6.45, 7) is 5.78. The van der Waals surface area contributed by atoms with Crippen molar-refractivity contribution in [3.05, 3.63) is 60.6 Å². The van der Waals surface area contributed by atoms with E-state index in [-0.39, 0.29) is 5.91 Å². The molecule has 0 atom stereocenters. The van der Waals surface area contributed by atoms with Crippen molar-refractivity contribution in [1.29, 1.82) is 0 Å². The highest BCUT2D eigenvalue weighted by Crippen LogP contribution is 2.22. The van der Waals surface area contributed by atoms with Crippen LogP contribution >= 0.6 is 0 Å². The molecule has 0 aliphatic rings. The fraction of sp³-hybridized carbons (Fsp3) is 0.0714. The second-order valence-corrected chi connectivity index (χ2v) is 3.76. The molecule has 3 nitrogen and oxygen atoms in total. The molecule has 0 saturated heterocycles. The van der Waals surface area contributed by atoms with Crippen molar-refractivity contribution in [3.8, 4) is 0 Å². The van der Waals surface area contributed by atoms with Gasteiger partial charge in [0.15, 0.2) is 5.76 Å². The maximum absolute atomic E-state index is 11.8. The molecule has 17 heavy (non-hydrogen) atoms. The van der Waals surface area contributed by atoms with Gasteiger partial charge < -0.3 is 9.73 Å². The van der Waals surface area contributed by atoms with Gasteiger partial charge in [0.25, 0.3) is 5.91 Å². The predicted octanol–water partition coefficient (Wildman–Crippen LogP) is 3.57. The van der Waals surface area contributed by atoms with E-state index in [4.69, 9.17) is 4.42 Å². The summed E-state index contributed by atoms with van der Waals surface area (Å²) in [5, 5.41) is 2.80. The monoisotopic (exact) mass is 227 g/mol. The number of rotatable bonds is 3. The molecule has 0 radical (unpaired) electrons. The Morgan fingerprint density at radius 1 is 1.24 bits per heavy atom. The van der Waals surface area contributed by atoms with Gasteiger partial charge in [0.1, 0.15) is 0 Å². The molecule has 0 unspecified atom stereocenters. The van der Waals surface area contributed by atoms with E-state index < -0.39 is 0 Å². The average Bonchev–Trinajstić information content (AvgIpc) is 2.83. The van der Waals surface area contributed by atoms with Gasteiger partial charge in [-0.15, -0.1) is 0 Å². The van der Waals surface area contributed by atoms with Crippen LogP contribution < -0.4 is 5.32 Å². The van der Waals surface area contributed by atoms with Crippen molar-refractivity contribution < 1.29 is 9.21 Å². The first-order valence-electron chi connectivity index (χ1n) is 5.28. The van der Waals surface area contributed by atoms with Crippen molar-refractivity contribution in [2.24, 2.45) is 0 Å². The maximum atomic E-state index is 11.8. The first kappa shape index (κ1) is 11.2. The third-order valence-electron chi connectivity index (χ3n) is 2.38. The van der Waals surface area contributed by atoms with Crippen molar-refractivity contribution in [2.75, 3.05) is 5.32 Å². The number of para-hydroxylation sites is 1. The molecule has 2 aromatic rings. The van der Waals surface area contributed by atoms with Crippen LogP contribution in [0, 0.1) is 0 Å². The van der Waals surface area contributed by atoms with E-state index in [1.54, 1.807) is 12.1 Å². The van der Waals surface area contributed by atoms with E-state index in [0.717, 1.165) is 16.8 Å². The Balaban J connectivity index is 2.25. The Kier molecular flexibility index (Phi) is 3.10. The summed E-state index contributed by atoms with van der Waals surface area (Å²) >= 11 is 0. The van der Waals surface area contributed by atoms with Crippen molar-refractivity contribution >= 4 is 17.2 Å². The van der Waals surface area contributed by atoms with Crippen LogP contribution in [0.1, 0.15) is 23.0 Å². The van der Waals surface area contributed by atoms with Gasteiger partial charge in [-0.3, -0.25) is 4.79 Å². The number of hydrogen-bond donors (Lipinski definition) is 1. The molecule has 0 saturated carbocycles. The zero-order chi connectivity index (χ0) is 12.3. The third-order valence-corrected chi connectivity index (χ3v) is 2.38. The van der Waals surface area contributed by atoms with Crippen LogP contribution in [-0.2, 0) is 0 Å². The zero-order valence-electron chi connectivity index (χ0n) is 9.57. The second kappa shape index (κ2) is 4.70. The van der Waals surface area contributed by atoms with Crippen LogP contribution in [0.15, 0.2) is 53.7 Å². The summed E-state index contributed by atoms with van der Waals surface area (Å²) in [6, 6.07) is 10.8. The van der Waals surface area contributed by atoms with Crippen LogP contribution in [0.25, 0.3) is 5.57 Å². The second-order valence-electron chi connectivity index (χ2n) is 3.76. The Morgan fingerprint density at radius 2 is 2.00 bits per heavy atom. The van der Waals surface area contributed by atoms with Gasteiger partial charge in [-0.2, -0.15) is 0 Å². The molecule has 1 N–H and O–H groups in total. The van der Waals surface area contributed by atoms with Crippen molar-refractivity contribution in [3.63, 3.8) is 0 Å². The van der Waals surface area contributed by atoms with Gasteiger partial charge >= 0.3 is 0 Å². The molecular formula is C14H13NO2. The fourth-order valence-electron chi connectivity index (χ4n) is 1.56. The van der Waals surface area contributed by atoms with E-state index in [1.807, 2.05) is 31.2 Å². The maximum Gasteiger partial charge on any atom is 0.291 e. The van der Waals surface area contributed by atoms with E-state index in [2.05, 4.69) is 11.9 Å². The van der Waals surface area contributed by atoms with Crippen molar-refractivity contribution in [1.82, 2.24) is 0 Å². The number of amides is 1. The normalized spacial score (nSPS) is 9.94. The Labute approximate surface area is 99.8 Å². The first-order chi connectivity index (χ1) is 8.18. The van der Waals surface area contributed by atoms with Gasteiger partial charge in [0, 0.05) is 11.3 Å². The van der Waals surface area contributed by atoms with Gasteiger partial charge in [0.05, 0.1) is 6.26 Å². The van der Waals surface area contributed by atoms with E-state index >= 15 is 0 Å². The zero-order valence-corrected chi connectivity index (χ0v) is 9.57. The van der Waals surface area contributed by atoms with E-state index in [0.29, 0.717) is 5.76 Å². The molecular weight excluding hydrogens is 214 g/mol. The van der Waals surface area contributed by atoms with E-state index in [9.17, 15) is 4.79 Å². The van der Waals surface area contributed by atoms with Gasteiger partial charge in [-0.25, -0.2) is 0 Å². The fourth-order valence-corrected chi connectivity index (χ4v) is 1.56. The lowest BCUT2D eigenvalue weighted by Crippen LogP contribution is -2.12. The SMILES string of the molecule is C=C(C)c1ccccc1NC(=O)c1ccco1. The number of nitrogens with one attached hydrogen (secondary N) is 1. The summed E-state index contributed by atoms with van der Waals surface area (Å²) in [7, 11) is 0. The molecule has 1 aromatic carbocycles. The Hall–Kier alpha value is -2.29. The number of anilines is 1. The topological polar surface area (TPSA) is 42.2 Å². The molecule has 1 aromatic heterocycles. The standard InChI is InChI=1S/C14H13NO2/c1-10(2)11-6-3-4-7-12(11)15-14(16)13-8-5-9-17-13/h3-9H,1H2,2H3,(H,15,16). The van der Waals surface area contributed by atoms with Crippen LogP contribution in [0.2, 0.25) is 0 Å². The summed E-state index contributed by atoms with van der Waals surface area (Å²) < 4.78 is 5.03. The summed E-state index contributed by atoms with van der Waals surface area (Å²) in [6.07, 6.45) is 1.47. The highest BCUT2D eigenvalue weighted by Gasteiger charge is 2.10. The van der Waals surface area contributed by atoms with Gasteiger partial charge in [-0.1, -0.05) is 24.8 Å². The van der Waals surface area contributed by atoms with Crippen LogP contribution in [0.3, 0.4) is 0 Å². The minimum absolute atomic E-state index is 0.260. The molecule has 1 heterocycles. The Bertz CT molecular complexity index is 541. The summed E-state index contributed by atoms with van der Waals surface area (Å²) in [5.41, 5.74) is 2.56. The largest absolute Gasteiger partial charge is 0.459 e. The number of benzene rings is 1. The smallest absolute Gasteiger partial charge is 0.291 e. The lowest BCUT2D eigenvalue weighted by Gasteiger charge is -2.09. The minimum atomic E-state index is -0.260.